The van der Waals surface area contributed by atoms with Crippen LogP contribution in [0.2, 0.25) is 0 Å². The van der Waals surface area contributed by atoms with Crippen LogP contribution in [-0.4, -0.2) is 25.4 Å². The van der Waals surface area contributed by atoms with Crippen molar-refractivity contribution in [2.45, 2.75) is 20.3 Å². The fourth-order valence-electron chi connectivity index (χ4n) is 2.54. The van der Waals surface area contributed by atoms with Crippen molar-refractivity contribution < 1.29 is 9.59 Å². The minimum atomic E-state index is -0.0735. The van der Waals surface area contributed by atoms with Gasteiger partial charge in [0.25, 0.3) is 0 Å². The molecule has 0 fully saturated rings. The Balaban J connectivity index is 2.09. The lowest BCUT2D eigenvalue weighted by molar-refractivity contribution is -0.118. The van der Waals surface area contributed by atoms with Gasteiger partial charge < -0.3 is 9.80 Å². The zero-order chi connectivity index (χ0) is 17.7. The lowest BCUT2D eigenvalue weighted by atomic mass is 10.1. The van der Waals surface area contributed by atoms with Gasteiger partial charge in [-0.05, 0) is 42.8 Å². The normalized spacial score (nSPS) is 10.3. The summed E-state index contributed by atoms with van der Waals surface area (Å²) >= 11 is 3.43. The number of benzene rings is 2. The molecule has 0 saturated heterocycles. The van der Waals surface area contributed by atoms with E-state index in [4.69, 9.17) is 0 Å². The molecule has 0 aromatic heterocycles. The molecule has 2 aromatic rings. The molecule has 5 heteroatoms. The summed E-state index contributed by atoms with van der Waals surface area (Å²) < 4.78 is 0.965. The van der Waals surface area contributed by atoms with Gasteiger partial charge in [-0.25, -0.2) is 0 Å². The molecule has 126 valence electrons. The maximum Gasteiger partial charge on any atom is 0.228 e. The van der Waals surface area contributed by atoms with Gasteiger partial charge in [0.15, 0.2) is 0 Å². The van der Waals surface area contributed by atoms with Gasteiger partial charge >= 0.3 is 0 Å². The van der Waals surface area contributed by atoms with Crippen molar-refractivity contribution in [2.24, 2.45) is 0 Å². The second-order valence-corrected chi connectivity index (χ2v) is 6.56. The highest BCUT2D eigenvalue weighted by atomic mass is 79.9. The zero-order valence-electron chi connectivity index (χ0n) is 14.1. The molecular weight excluding hydrogens is 368 g/mol. The van der Waals surface area contributed by atoms with Crippen LogP contribution < -0.4 is 9.80 Å². The SMILES string of the molecule is CC(=O)N(CCC(=O)N(C)c1ccccc1)c1ccc(Br)cc1C. The Labute approximate surface area is 151 Å². The van der Waals surface area contributed by atoms with E-state index < -0.39 is 0 Å². The molecule has 0 spiro atoms. The monoisotopic (exact) mass is 388 g/mol. The van der Waals surface area contributed by atoms with Gasteiger partial charge in [0, 0.05) is 42.8 Å². The third kappa shape index (κ3) is 4.45. The van der Waals surface area contributed by atoms with Crippen LogP contribution in [-0.2, 0) is 9.59 Å². The minimum absolute atomic E-state index is 0.0257. The third-order valence-electron chi connectivity index (χ3n) is 3.90. The quantitative estimate of drug-likeness (QED) is 0.771. The van der Waals surface area contributed by atoms with Gasteiger partial charge in [-0.3, -0.25) is 9.59 Å². The van der Waals surface area contributed by atoms with Crippen LogP contribution in [0.25, 0.3) is 0 Å². The summed E-state index contributed by atoms with van der Waals surface area (Å²) in [4.78, 5) is 27.7. The largest absolute Gasteiger partial charge is 0.315 e. The number of halogens is 1. The Hall–Kier alpha value is -2.14. The number of carbonyl (C=O) groups excluding carboxylic acids is 2. The van der Waals surface area contributed by atoms with Gasteiger partial charge in [0.1, 0.15) is 0 Å². The van der Waals surface area contributed by atoms with E-state index in [-0.39, 0.29) is 18.2 Å². The number of carbonyl (C=O) groups is 2. The first kappa shape index (κ1) is 18.2. The van der Waals surface area contributed by atoms with Crippen molar-refractivity contribution in [1.29, 1.82) is 0 Å². The molecule has 0 bridgehead atoms. The summed E-state index contributed by atoms with van der Waals surface area (Å²) in [5.41, 5.74) is 2.67. The molecule has 0 unspecified atom stereocenters. The average molecular weight is 389 g/mol. The van der Waals surface area contributed by atoms with Crippen molar-refractivity contribution in [3.8, 4) is 0 Å². The Bertz CT molecular complexity index is 731. The van der Waals surface area contributed by atoms with Gasteiger partial charge in [0.2, 0.25) is 11.8 Å². The van der Waals surface area contributed by atoms with E-state index in [1.807, 2.05) is 55.5 Å². The lowest BCUT2D eigenvalue weighted by Gasteiger charge is -2.24. The van der Waals surface area contributed by atoms with E-state index in [0.717, 1.165) is 21.4 Å². The molecule has 2 amide bonds. The number of anilines is 2. The van der Waals surface area contributed by atoms with Crippen molar-refractivity contribution in [1.82, 2.24) is 0 Å². The van der Waals surface area contributed by atoms with E-state index in [9.17, 15) is 9.59 Å². The molecule has 0 saturated carbocycles. The molecule has 0 N–H and O–H groups in total. The molecule has 0 radical (unpaired) electrons. The number of hydrogen-bond donors (Lipinski definition) is 0. The maximum atomic E-state index is 12.4. The lowest BCUT2D eigenvalue weighted by Crippen LogP contribution is -2.35. The zero-order valence-corrected chi connectivity index (χ0v) is 15.7. The summed E-state index contributed by atoms with van der Waals surface area (Å²) in [6.45, 7) is 3.83. The standard InChI is InChI=1S/C19H21BrN2O2/c1-14-13-16(20)9-10-18(14)22(15(2)23)12-11-19(24)21(3)17-7-5-4-6-8-17/h4-10,13H,11-12H2,1-3H3. The number of hydrogen-bond acceptors (Lipinski definition) is 2. The first-order valence-corrected chi connectivity index (χ1v) is 8.55. The first-order valence-electron chi connectivity index (χ1n) is 7.76. The number of para-hydroxylation sites is 1. The summed E-state index contributed by atoms with van der Waals surface area (Å²) in [6, 6.07) is 15.2. The van der Waals surface area contributed by atoms with Gasteiger partial charge in [-0.15, -0.1) is 0 Å². The highest BCUT2D eigenvalue weighted by Gasteiger charge is 2.17. The molecule has 0 aliphatic carbocycles. The fourth-order valence-corrected chi connectivity index (χ4v) is 3.02. The molecule has 24 heavy (non-hydrogen) atoms. The summed E-state index contributed by atoms with van der Waals surface area (Å²) in [5.74, 6) is -0.0993. The highest BCUT2D eigenvalue weighted by molar-refractivity contribution is 9.10. The highest BCUT2D eigenvalue weighted by Crippen LogP contribution is 2.24. The third-order valence-corrected chi connectivity index (χ3v) is 4.39. The Morgan fingerprint density at radius 1 is 1.08 bits per heavy atom. The first-order chi connectivity index (χ1) is 11.4. The van der Waals surface area contributed by atoms with E-state index in [0.29, 0.717) is 6.54 Å². The molecule has 2 aromatic carbocycles. The molecule has 0 heterocycles. The van der Waals surface area contributed by atoms with E-state index in [2.05, 4.69) is 15.9 Å². The predicted octanol–water partition coefficient (Wildman–Crippen LogP) is 4.16. The molecule has 0 atom stereocenters. The molecular formula is C19H21BrN2O2. The molecule has 0 aliphatic rings. The number of rotatable bonds is 5. The van der Waals surface area contributed by atoms with Crippen LogP contribution in [0, 0.1) is 6.92 Å². The summed E-state index contributed by atoms with van der Waals surface area (Å²) in [5, 5.41) is 0. The minimum Gasteiger partial charge on any atom is -0.315 e. The van der Waals surface area contributed by atoms with Crippen molar-refractivity contribution in [2.75, 3.05) is 23.4 Å². The second-order valence-electron chi connectivity index (χ2n) is 5.64. The average Bonchev–Trinajstić information content (AvgIpc) is 2.56. The van der Waals surface area contributed by atoms with E-state index in [1.54, 1.807) is 16.8 Å². The van der Waals surface area contributed by atoms with Crippen LogP contribution in [0.1, 0.15) is 18.9 Å². The van der Waals surface area contributed by atoms with Crippen molar-refractivity contribution in [3.05, 3.63) is 58.6 Å². The van der Waals surface area contributed by atoms with E-state index >= 15 is 0 Å². The van der Waals surface area contributed by atoms with Crippen molar-refractivity contribution in [3.63, 3.8) is 0 Å². The molecule has 0 aliphatic heterocycles. The predicted molar refractivity (Wildman–Crippen MR) is 101 cm³/mol. The second kappa shape index (κ2) is 8.11. The Morgan fingerprint density at radius 2 is 1.75 bits per heavy atom. The van der Waals surface area contributed by atoms with Gasteiger partial charge in [0.05, 0.1) is 0 Å². The summed E-state index contributed by atoms with van der Waals surface area (Å²) in [7, 11) is 1.75. The van der Waals surface area contributed by atoms with Gasteiger partial charge in [-0.1, -0.05) is 34.1 Å². The fraction of sp³-hybridized carbons (Fsp3) is 0.263. The van der Waals surface area contributed by atoms with Crippen LogP contribution >= 0.6 is 15.9 Å². The van der Waals surface area contributed by atoms with E-state index in [1.165, 1.54) is 6.92 Å². The van der Waals surface area contributed by atoms with Crippen LogP contribution in [0.3, 0.4) is 0 Å². The molecule has 4 nitrogen and oxygen atoms in total. The maximum absolute atomic E-state index is 12.4. The number of amides is 2. The van der Waals surface area contributed by atoms with Gasteiger partial charge in [-0.2, -0.15) is 0 Å². The smallest absolute Gasteiger partial charge is 0.228 e. The van der Waals surface area contributed by atoms with Crippen LogP contribution in [0.15, 0.2) is 53.0 Å². The van der Waals surface area contributed by atoms with Crippen molar-refractivity contribution >= 4 is 39.1 Å². The number of aryl methyl sites for hydroxylation is 1. The number of nitrogens with zero attached hydrogens (tertiary/aromatic N) is 2. The van der Waals surface area contributed by atoms with Crippen LogP contribution in [0.4, 0.5) is 11.4 Å². The van der Waals surface area contributed by atoms with Crippen LogP contribution in [0.5, 0.6) is 0 Å². The Morgan fingerprint density at radius 3 is 2.33 bits per heavy atom. The topological polar surface area (TPSA) is 40.6 Å². The summed E-state index contributed by atoms with van der Waals surface area (Å²) in [6.07, 6.45) is 0.264. The molecule has 2 rings (SSSR count). The Kier molecular flexibility index (Phi) is 6.15.